The number of nitrogens with one attached hydrogen (secondary N) is 1. The molecule has 1 fully saturated rings. The lowest BCUT2D eigenvalue weighted by Crippen LogP contribution is -2.37. The van der Waals surface area contributed by atoms with Gasteiger partial charge in [0, 0.05) is 6.42 Å². The molecule has 0 spiro atoms. The largest absolute Gasteiger partial charge is 0.310 e. The minimum Gasteiger partial charge on any atom is -0.310 e. The summed E-state index contributed by atoms with van der Waals surface area (Å²) < 4.78 is 0. The van der Waals surface area contributed by atoms with E-state index in [2.05, 4.69) is 11.9 Å². The molecule has 0 saturated heterocycles. The van der Waals surface area contributed by atoms with Gasteiger partial charge in [-0.05, 0) is 12.6 Å². The number of likely N-dealkylation sites (N-methyl/N-ethyl adjacent to an activating group) is 1. The van der Waals surface area contributed by atoms with Crippen LogP contribution in [0.25, 0.3) is 0 Å². The molecule has 1 aliphatic rings. The van der Waals surface area contributed by atoms with Crippen molar-refractivity contribution in [2.24, 2.45) is 5.73 Å². The van der Waals surface area contributed by atoms with Crippen LogP contribution in [-0.2, 0) is 0 Å². The van der Waals surface area contributed by atoms with Gasteiger partial charge in [-0.1, -0.05) is 6.58 Å². The monoisotopic (exact) mass is 98.1 g/mol. The third-order valence-corrected chi connectivity index (χ3v) is 1.44. The standard InChI is InChI=1S/C5H10N2/c1-4-3-5(4,6)7-2/h7H,1,3,6H2,2H3. The summed E-state index contributed by atoms with van der Waals surface area (Å²) in [4.78, 5) is 0. The average Bonchev–Trinajstić information content (AvgIpc) is 2.18. The Morgan fingerprint density at radius 1 is 2.00 bits per heavy atom. The molecular formula is C5H10N2. The molecule has 1 unspecified atom stereocenters. The summed E-state index contributed by atoms with van der Waals surface area (Å²) in [6, 6.07) is 0. The Kier molecular flexibility index (Phi) is 0.743. The molecule has 0 bridgehead atoms. The van der Waals surface area contributed by atoms with E-state index >= 15 is 0 Å². The van der Waals surface area contributed by atoms with E-state index in [1.807, 2.05) is 7.05 Å². The van der Waals surface area contributed by atoms with Crippen molar-refractivity contribution < 1.29 is 0 Å². The first-order valence-electron chi connectivity index (χ1n) is 2.35. The zero-order chi connectivity index (χ0) is 5.49. The SMILES string of the molecule is C=C1CC1(N)NC. The number of hydrogen-bond donors (Lipinski definition) is 2. The predicted molar refractivity (Wildman–Crippen MR) is 29.7 cm³/mol. The quantitative estimate of drug-likeness (QED) is 0.352. The van der Waals surface area contributed by atoms with Crippen LogP contribution < -0.4 is 11.1 Å². The van der Waals surface area contributed by atoms with Crippen molar-refractivity contribution in [1.29, 1.82) is 0 Å². The summed E-state index contributed by atoms with van der Waals surface area (Å²) in [6.45, 7) is 3.70. The summed E-state index contributed by atoms with van der Waals surface area (Å²) in [5, 5.41) is 2.94. The van der Waals surface area contributed by atoms with E-state index in [0.717, 1.165) is 12.0 Å². The van der Waals surface area contributed by atoms with Gasteiger partial charge in [0.2, 0.25) is 0 Å². The van der Waals surface area contributed by atoms with Crippen LogP contribution in [0.4, 0.5) is 0 Å². The zero-order valence-electron chi connectivity index (χ0n) is 4.49. The highest BCUT2D eigenvalue weighted by Gasteiger charge is 2.41. The normalized spacial score (nSPS) is 38.9. The third kappa shape index (κ3) is 0.558. The molecule has 0 heterocycles. The molecule has 1 aliphatic carbocycles. The lowest BCUT2D eigenvalue weighted by molar-refractivity contribution is 0.601. The van der Waals surface area contributed by atoms with Gasteiger partial charge in [0.15, 0.2) is 0 Å². The highest BCUT2D eigenvalue weighted by Crippen LogP contribution is 2.34. The van der Waals surface area contributed by atoms with Gasteiger partial charge in [-0.3, -0.25) is 5.32 Å². The lowest BCUT2D eigenvalue weighted by Gasteiger charge is -2.02. The van der Waals surface area contributed by atoms with Gasteiger partial charge in [0.25, 0.3) is 0 Å². The average molecular weight is 98.1 g/mol. The molecule has 0 aromatic rings. The van der Waals surface area contributed by atoms with Gasteiger partial charge in [0.05, 0.1) is 5.66 Å². The molecule has 1 saturated carbocycles. The van der Waals surface area contributed by atoms with Crippen LogP contribution in [0, 0.1) is 0 Å². The third-order valence-electron chi connectivity index (χ3n) is 1.44. The van der Waals surface area contributed by atoms with Gasteiger partial charge >= 0.3 is 0 Å². The van der Waals surface area contributed by atoms with E-state index in [9.17, 15) is 0 Å². The van der Waals surface area contributed by atoms with Crippen LogP contribution in [-0.4, -0.2) is 12.7 Å². The van der Waals surface area contributed by atoms with E-state index in [-0.39, 0.29) is 5.66 Å². The maximum atomic E-state index is 5.58. The predicted octanol–water partition coefficient (Wildman–Crippen LogP) is -0.179. The number of hydrogen-bond acceptors (Lipinski definition) is 2. The summed E-state index contributed by atoms with van der Waals surface area (Å²) in [7, 11) is 1.85. The molecule has 0 aromatic heterocycles. The Hall–Kier alpha value is -0.340. The van der Waals surface area contributed by atoms with Crippen LogP contribution in [0.5, 0.6) is 0 Å². The fourth-order valence-electron chi connectivity index (χ4n) is 0.558. The first kappa shape index (κ1) is 4.81. The fraction of sp³-hybridized carbons (Fsp3) is 0.600. The van der Waals surface area contributed by atoms with Gasteiger partial charge in [-0.25, -0.2) is 0 Å². The molecule has 1 rings (SSSR count). The Labute approximate surface area is 43.4 Å². The maximum Gasteiger partial charge on any atom is 0.0919 e. The molecule has 0 radical (unpaired) electrons. The van der Waals surface area contributed by atoms with Crippen LogP contribution >= 0.6 is 0 Å². The Morgan fingerprint density at radius 2 is 2.43 bits per heavy atom. The second kappa shape index (κ2) is 1.08. The van der Waals surface area contributed by atoms with Gasteiger partial charge in [0.1, 0.15) is 0 Å². The molecule has 0 aromatic carbocycles. The van der Waals surface area contributed by atoms with Gasteiger partial charge in [-0.15, -0.1) is 0 Å². The molecule has 1 atom stereocenters. The lowest BCUT2D eigenvalue weighted by atomic mass is 10.5. The second-order valence-electron chi connectivity index (χ2n) is 2.00. The van der Waals surface area contributed by atoms with Gasteiger partial charge < -0.3 is 5.73 Å². The van der Waals surface area contributed by atoms with Gasteiger partial charge in [-0.2, -0.15) is 0 Å². The maximum absolute atomic E-state index is 5.58. The van der Waals surface area contributed by atoms with Crippen molar-refractivity contribution in [3.05, 3.63) is 12.2 Å². The van der Waals surface area contributed by atoms with Crippen molar-refractivity contribution in [1.82, 2.24) is 5.32 Å². The minimum absolute atomic E-state index is 0.194. The van der Waals surface area contributed by atoms with Crippen molar-refractivity contribution in [2.75, 3.05) is 7.05 Å². The smallest absolute Gasteiger partial charge is 0.0919 e. The van der Waals surface area contributed by atoms with Crippen molar-refractivity contribution in [3.8, 4) is 0 Å². The zero-order valence-corrected chi connectivity index (χ0v) is 4.49. The van der Waals surface area contributed by atoms with E-state index in [4.69, 9.17) is 5.73 Å². The van der Waals surface area contributed by atoms with Crippen molar-refractivity contribution >= 4 is 0 Å². The fourth-order valence-corrected chi connectivity index (χ4v) is 0.558. The molecule has 0 aliphatic heterocycles. The Morgan fingerprint density at radius 3 is 2.43 bits per heavy atom. The van der Waals surface area contributed by atoms with Crippen LogP contribution in [0.3, 0.4) is 0 Å². The molecule has 7 heavy (non-hydrogen) atoms. The summed E-state index contributed by atoms with van der Waals surface area (Å²) in [6.07, 6.45) is 0.934. The molecule has 2 heteroatoms. The minimum atomic E-state index is -0.194. The molecule has 2 nitrogen and oxygen atoms in total. The second-order valence-corrected chi connectivity index (χ2v) is 2.00. The molecular weight excluding hydrogens is 88.1 g/mol. The van der Waals surface area contributed by atoms with Crippen molar-refractivity contribution in [2.45, 2.75) is 12.1 Å². The van der Waals surface area contributed by atoms with Crippen LogP contribution in [0.2, 0.25) is 0 Å². The first-order valence-corrected chi connectivity index (χ1v) is 2.35. The topological polar surface area (TPSA) is 38.0 Å². The first-order chi connectivity index (χ1) is 3.19. The van der Waals surface area contributed by atoms with E-state index < -0.39 is 0 Å². The highest BCUT2D eigenvalue weighted by molar-refractivity contribution is 5.33. The van der Waals surface area contributed by atoms with E-state index in [1.165, 1.54) is 0 Å². The summed E-state index contributed by atoms with van der Waals surface area (Å²) in [5.74, 6) is 0. The Bertz CT molecular complexity index is 109. The summed E-state index contributed by atoms with van der Waals surface area (Å²) >= 11 is 0. The number of nitrogens with two attached hydrogens (primary N) is 1. The van der Waals surface area contributed by atoms with Crippen LogP contribution in [0.15, 0.2) is 12.2 Å². The van der Waals surface area contributed by atoms with Crippen molar-refractivity contribution in [3.63, 3.8) is 0 Å². The molecule has 3 N–H and O–H groups in total. The summed E-state index contributed by atoms with van der Waals surface area (Å²) in [5.41, 5.74) is 6.49. The highest BCUT2D eigenvalue weighted by atomic mass is 15.1. The number of rotatable bonds is 1. The Balaban J connectivity index is 2.52. The van der Waals surface area contributed by atoms with E-state index in [0.29, 0.717) is 0 Å². The van der Waals surface area contributed by atoms with Crippen LogP contribution in [0.1, 0.15) is 6.42 Å². The molecule has 40 valence electrons. The molecule has 0 amide bonds. The van der Waals surface area contributed by atoms with E-state index in [1.54, 1.807) is 0 Å².